The molecule has 3 rings (SSSR count). The Balaban J connectivity index is 1.66. The van der Waals surface area contributed by atoms with E-state index in [2.05, 4.69) is 11.9 Å². The van der Waals surface area contributed by atoms with E-state index in [1.807, 2.05) is 35.2 Å². The second kappa shape index (κ2) is 7.01. The van der Waals surface area contributed by atoms with E-state index in [0.29, 0.717) is 31.0 Å². The van der Waals surface area contributed by atoms with E-state index in [-0.39, 0.29) is 11.3 Å². The monoisotopic (exact) mass is 325 g/mol. The number of nitrogens with zero attached hydrogens (tertiary/aromatic N) is 2. The number of rotatable bonds is 5. The molecule has 1 aromatic heterocycles. The lowest BCUT2D eigenvalue weighted by atomic mass is 9.90. The molecular weight excluding hydrogens is 302 g/mol. The van der Waals surface area contributed by atoms with Crippen molar-refractivity contribution in [2.24, 2.45) is 11.1 Å². The number of carbonyl (C=O) groups excluding carboxylic acids is 1. The van der Waals surface area contributed by atoms with Crippen molar-refractivity contribution in [3.8, 4) is 5.75 Å². The molecule has 1 saturated heterocycles. The lowest BCUT2D eigenvalue weighted by molar-refractivity contribution is 0.0776. The van der Waals surface area contributed by atoms with Gasteiger partial charge in [-0.15, -0.1) is 0 Å². The average molecular weight is 325 g/mol. The molecule has 1 aliphatic heterocycles. The molecule has 0 aliphatic carbocycles. The zero-order chi connectivity index (χ0) is 17.0. The standard InChI is InChI=1S/C19H23N3O2/c1-19(13-20)7-9-22(14-19)18(23)16-5-2-6-17(10-16)24-12-15-4-3-8-21-11-15/h2-6,8,10-11H,7,9,12-14,20H2,1H3. The first kappa shape index (κ1) is 16.5. The van der Waals surface area contributed by atoms with Gasteiger partial charge in [-0.3, -0.25) is 9.78 Å². The molecule has 1 unspecified atom stereocenters. The van der Waals surface area contributed by atoms with Crippen LogP contribution in [0.15, 0.2) is 48.8 Å². The van der Waals surface area contributed by atoms with Gasteiger partial charge in [-0.05, 0) is 42.6 Å². The largest absolute Gasteiger partial charge is 0.489 e. The van der Waals surface area contributed by atoms with E-state index in [4.69, 9.17) is 10.5 Å². The molecule has 2 aromatic rings. The fraction of sp³-hybridized carbons (Fsp3) is 0.368. The lowest BCUT2D eigenvalue weighted by Gasteiger charge is -2.22. The minimum absolute atomic E-state index is 0.0318. The minimum Gasteiger partial charge on any atom is -0.489 e. The first-order chi connectivity index (χ1) is 11.6. The number of likely N-dealkylation sites (tertiary alicyclic amines) is 1. The fourth-order valence-electron chi connectivity index (χ4n) is 2.92. The van der Waals surface area contributed by atoms with E-state index >= 15 is 0 Å². The second-order valence-corrected chi connectivity index (χ2v) is 6.67. The van der Waals surface area contributed by atoms with E-state index in [9.17, 15) is 4.79 Å². The summed E-state index contributed by atoms with van der Waals surface area (Å²) >= 11 is 0. The van der Waals surface area contributed by atoms with Crippen LogP contribution in [0.3, 0.4) is 0 Å². The van der Waals surface area contributed by atoms with Crippen molar-refractivity contribution in [2.75, 3.05) is 19.6 Å². The van der Waals surface area contributed by atoms with Gasteiger partial charge in [0.25, 0.3) is 5.91 Å². The summed E-state index contributed by atoms with van der Waals surface area (Å²) in [5.41, 5.74) is 7.50. The van der Waals surface area contributed by atoms with Crippen LogP contribution in [-0.4, -0.2) is 35.4 Å². The van der Waals surface area contributed by atoms with Crippen molar-refractivity contribution in [3.63, 3.8) is 0 Å². The van der Waals surface area contributed by atoms with Crippen molar-refractivity contribution in [1.29, 1.82) is 0 Å². The average Bonchev–Trinajstić information content (AvgIpc) is 3.03. The number of ether oxygens (including phenoxy) is 1. The molecule has 2 heterocycles. The van der Waals surface area contributed by atoms with Gasteiger partial charge in [0.05, 0.1) is 0 Å². The van der Waals surface area contributed by atoms with E-state index < -0.39 is 0 Å². The molecule has 5 nitrogen and oxygen atoms in total. The molecule has 0 radical (unpaired) electrons. The Hall–Kier alpha value is -2.40. The van der Waals surface area contributed by atoms with Gasteiger partial charge in [-0.25, -0.2) is 0 Å². The SMILES string of the molecule is CC1(CN)CCN(C(=O)c2cccc(OCc3cccnc3)c2)C1. The fourth-order valence-corrected chi connectivity index (χ4v) is 2.92. The highest BCUT2D eigenvalue weighted by atomic mass is 16.5. The molecule has 0 bridgehead atoms. The van der Waals surface area contributed by atoms with E-state index in [1.165, 1.54) is 0 Å². The van der Waals surface area contributed by atoms with E-state index in [1.54, 1.807) is 18.5 Å². The molecule has 1 fully saturated rings. The third kappa shape index (κ3) is 3.74. The Morgan fingerprint density at radius 1 is 1.38 bits per heavy atom. The number of hydrogen-bond acceptors (Lipinski definition) is 4. The van der Waals surface area contributed by atoms with Crippen LogP contribution in [-0.2, 0) is 6.61 Å². The molecule has 1 atom stereocenters. The topological polar surface area (TPSA) is 68.5 Å². The van der Waals surface area contributed by atoms with Gasteiger partial charge in [-0.1, -0.05) is 19.1 Å². The summed E-state index contributed by atoms with van der Waals surface area (Å²) in [5, 5.41) is 0. The summed E-state index contributed by atoms with van der Waals surface area (Å²) in [5.74, 6) is 0.726. The van der Waals surface area contributed by atoms with Crippen molar-refractivity contribution in [1.82, 2.24) is 9.88 Å². The van der Waals surface area contributed by atoms with Crippen LogP contribution >= 0.6 is 0 Å². The molecule has 5 heteroatoms. The van der Waals surface area contributed by atoms with Gasteiger partial charge in [0.15, 0.2) is 0 Å². The van der Waals surface area contributed by atoms with Crippen LogP contribution < -0.4 is 10.5 Å². The van der Waals surface area contributed by atoms with E-state index in [0.717, 1.165) is 18.5 Å². The quantitative estimate of drug-likeness (QED) is 0.917. The number of aromatic nitrogens is 1. The summed E-state index contributed by atoms with van der Waals surface area (Å²) in [7, 11) is 0. The summed E-state index contributed by atoms with van der Waals surface area (Å²) in [4.78, 5) is 18.6. The van der Waals surface area contributed by atoms with Gasteiger partial charge in [-0.2, -0.15) is 0 Å². The molecule has 0 saturated carbocycles. The Morgan fingerprint density at radius 2 is 2.25 bits per heavy atom. The molecular formula is C19H23N3O2. The third-order valence-corrected chi connectivity index (χ3v) is 4.55. The van der Waals surface area contributed by atoms with Crippen molar-refractivity contribution >= 4 is 5.91 Å². The molecule has 2 N–H and O–H groups in total. The molecule has 126 valence electrons. The summed E-state index contributed by atoms with van der Waals surface area (Å²) < 4.78 is 5.78. The van der Waals surface area contributed by atoms with Crippen LogP contribution in [0, 0.1) is 5.41 Å². The number of amides is 1. The maximum atomic E-state index is 12.7. The van der Waals surface area contributed by atoms with Crippen LogP contribution in [0.2, 0.25) is 0 Å². The third-order valence-electron chi connectivity index (χ3n) is 4.55. The van der Waals surface area contributed by atoms with Gasteiger partial charge >= 0.3 is 0 Å². The van der Waals surface area contributed by atoms with Crippen molar-refractivity contribution in [2.45, 2.75) is 20.0 Å². The summed E-state index contributed by atoms with van der Waals surface area (Å²) in [6.07, 6.45) is 4.45. The van der Waals surface area contributed by atoms with Crippen molar-refractivity contribution in [3.05, 3.63) is 59.9 Å². The normalized spacial score (nSPS) is 20.2. The van der Waals surface area contributed by atoms with Crippen molar-refractivity contribution < 1.29 is 9.53 Å². The molecule has 0 spiro atoms. The number of carbonyl (C=O) groups is 1. The van der Waals surface area contributed by atoms with Gasteiger partial charge in [0, 0.05) is 36.6 Å². The molecule has 24 heavy (non-hydrogen) atoms. The zero-order valence-corrected chi connectivity index (χ0v) is 13.9. The number of pyridine rings is 1. The number of benzene rings is 1. The van der Waals surface area contributed by atoms with Gasteiger partial charge < -0.3 is 15.4 Å². The Labute approximate surface area is 142 Å². The Morgan fingerprint density at radius 3 is 2.96 bits per heavy atom. The highest BCUT2D eigenvalue weighted by Gasteiger charge is 2.35. The second-order valence-electron chi connectivity index (χ2n) is 6.67. The minimum atomic E-state index is 0.0318. The predicted molar refractivity (Wildman–Crippen MR) is 92.7 cm³/mol. The molecule has 1 amide bonds. The van der Waals surface area contributed by atoms with Crippen LogP contribution in [0.1, 0.15) is 29.3 Å². The number of nitrogens with two attached hydrogens (primary N) is 1. The maximum Gasteiger partial charge on any atom is 0.254 e. The van der Waals surface area contributed by atoms with Gasteiger partial charge in [0.2, 0.25) is 0 Å². The predicted octanol–water partition coefficient (Wildman–Crippen LogP) is 2.47. The first-order valence-corrected chi connectivity index (χ1v) is 8.21. The summed E-state index contributed by atoms with van der Waals surface area (Å²) in [6.45, 7) is 4.63. The first-order valence-electron chi connectivity index (χ1n) is 8.21. The van der Waals surface area contributed by atoms with Gasteiger partial charge in [0.1, 0.15) is 12.4 Å². The smallest absolute Gasteiger partial charge is 0.254 e. The van der Waals surface area contributed by atoms with Crippen LogP contribution in [0.4, 0.5) is 0 Å². The Kier molecular flexibility index (Phi) is 4.81. The van der Waals surface area contributed by atoms with Crippen LogP contribution in [0.25, 0.3) is 0 Å². The highest BCUT2D eigenvalue weighted by molar-refractivity contribution is 5.94. The Bertz CT molecular complexity index is 705. The number of hydrogen-bond donors (Lipinski definition) is 1. The highest BCUT2D eigenvalue weighted by Crippen LogP contribution is 2.29. The maximum absolute atomic E-state index is 12.7. The summed E-state index contributed by atoms with van der Waals surface area (Å²) in [6, 6.07) is 11.2. The van der Waals surface area contributed by atoms with Crippen LogP contribution in [0.5, 0.6) is 5.75 Å². The molecule has 1 aliphatic rings. The lowest BCUT2D eigenvalue weighted by Crippen LogP contribution is -2.34. The molecule has 1 aromatic carbocycles. The zero-order valence-electron chi connectivity index (χ0n) is 13.9.